The number of aryl methyl sites for hydroxylation is 2. The molecule has 2 aromatic rings. The predicted molar refractivity (Wildman–Crippen MR) is 93.5 cm³/mol. The van der Waals surface area contributed by atoms with E-state index in [4.69, 9.17) is 0 Å². The molecule has 24 heavy (non-hydrogen) atoms. The monoisotopic (exact) mass is 343 g/mol. The zero-order chi connectivity index (χ0) is 17.2. The predicted octanol–water partition coefficient (Wildman–Crippen LogP) is 2.96. The Bertz CT molecular complexity index is 858. The summed E-state index contributed by atoms with van der Waals surface area (Å²) in [5.74, 6) is -0.965. The van der Waals surface area contributed by atoms with Crippen LogP contribution in [0.25, 0.3) is 0 Å². The maximum absolute atomic E-state index is 12.4. The van der Waals surface area contributed by atoms with Gasteiger partial charge < -0.3 is 5.32 Å². The molecule has 0 spiro atoms. The molecule has 1 atom stereocenters. The highest BCUT2D eigenvalue weighted by atomic mass is 32.2. The van der Waals surface area contributed by atoms with Crippen molar-refractivity contribution in [2.75, 3.05) is 5.75 Å². The molecular weight excluding hydrogens is 322 g/mol. The van der Waals surface area contributed by atoms with Crippen molar-refractivity contribution >= 4 is 15.7 Å². The number of fused-ring (bicyclic) bond motifs is 1. The smallest absolute Gasteiger partial charge is 0.236 e. The second-order valence-corrected chi connectivity index (χ2v) is 8.28. The number of carbonyl (C=O) groups excluding carboxylic acids is 1. The van der Waals surface area contributed by atoms with Crippen molar-refractivity contribution in [2.45, 2.75) is 37.1 Å². The van der Waals surface area contributed by atoms with Gasteiger partial charge >= 0.3 is 0 Å². The molecule has 0 bridgehead atoms. The van der Waals surface area contributed by atoms with E-state index in [0.717, 1.165) is 30.4 Å². The summed E-state index contributed by atoms with van der Waals surface area (Å²) in [5.41, 5.74) is 3.19. The van der Waals surface area contributed by atoms with Crippen LogP contribution in [0.3, 0.4) is 0 Å². The summed E-state index contributed by atoms with van der Waals surface area (Å²) >= 11 is 0. The highest BCUT2D eigenvalue weighted by Gasteiger charge is 2.25. The lowest BCUT2D eigenvalue weighted by Gasteiger charge is -2.26. The average molecular weight is 343 g/mol. The fraction of sp³-hybridized carbons (Fsp3) is 0.316. The Kier molecular flexibility index (Phi) is 4.71. The van der Waals surface area contributed by atoms with Crippen LogP contribution in [0.2, 0.25) is 0 Å². The minimum Gasteiger partial charge on any atom is -0.348 e. The fourth-order valence-corrected chi connectivity index (χ4v) is 4.45. The lowest BCUT2D eigenvalue weighted by Crippen LogP contribution is -2.35. The fourth-order valence-electron chi connectivity index (χ4n) is 3.20. The molecule has 2 aromatic carbocycles. The lowest BCUT2D eigenvalue weighted by molar-refractivity contribution is -0.119. The molecule has 1 aliphatic carbocycles. The van der Waals surface area contributed by atoms with E-state index in [1.165, 1.54) is 11.6 Å². The van der Waals surface area contributed by atoms with Gasteiger partial charge in [-0.05, 0) is 55.0 Å². The molecule has 1 unspecified atom stereocenters. The SMILES string of the molecule is Cc1cccc(S(=O)(=O)CC(=O)NC2CCCc3ccccc32)c1. The quantitative estimate of drug-likeness (QED) is 0.928. The van der Waals surface area contributed by atoms with Crippen LogP contribution in [0.15, 0.2) is 53.4 Å². The van der Waals surface area contributed by atoms with Crippen LogP contribution in [0, 0.1) is 6.92 Å². The zero-order valence-corrected chi connectivity index (χ0v) is 14.5. The third-order valence-electron chi connectivity index (χ3n) is 4.37. The number of amides is 1. The first kappa shape index (κ1) is 16.7. The molecule has 0 aromatic heterocycles. The second kappa shape index (κ2) is 6.77. The third-order valence-corrected chi connectivity index (χ3v) is 5.99. The van der Waals surface area contributed by atoms with Crippen LogP contribution in [-0.4, -0.2) is 20.1 Å². The van der Waals surface area contributed by atoms with E-state index in [2.05, 4.69) is 11.4 Å². The van der Waals surface area contributed by atoms with E-state index in [9.17, 15) is 13.2 Å². The molecule has 1 amide bonds. The number of hydrogen-bond acceptors (Lipinski definition) is 3. The molecule has 3 rings (SSSR count). The first-order chi connectivity index (χ1) is 11.5. The van der Waals surface area contributed by atoms with Crippen molar-refractivity contribution in [3.05, 3.63) is 65.2 Å². The molecule has 4 nitrogen and oxygen atoms in total. The van der Waals surface area contributed by atoms with E-state index >= 15 is 0 Å². The summed E-state index contributed by atoms with van der Waals surface area (Å²) in [7, 11) is -3.62. The van der Waals surface area contributed by atoms with Gasteiger partial charge in [-0.1, -0.05) is 36.4 Å². The first-order valence-corrected chi connectivity index (χ1v) is 9.77. The third kappa shape index (κ3) is 3.67. The summed E-state index contributed by atoms with van der Waals surface area (Å²) < 4.78 is 24.8. The molecule has 0 saturated carbocycles. The lowest BCUT2D eigenvalue weighted by atomic mass is 9.88. The van der Waals surface area contributed by atoms with Gasteiger partial charge in [-0.25, -0.2) is 8.42 Å². The second-order valence-electron chi connectivity index (χ2n) is 6.29. The topological polar surface area (TPSA) is 63.2 Å². The Hall–Kier alpha value is -2.14. The van der Waals surface area contributed by atoms with Crippen LogP contribution < -0.4 is 5.32 Å². The number of benzene rings is 2. The van der Waals surface area contributed by atoms with Gasteiger partial charge in [0, 0.05) is 0 Å². The Morgan fingerprint density at radius 2 is 1.96 bits per heavy atom. The molecule has 0 saturated heterocycles. The number of carbonyl (C=O) groups is 1. The van der Waals surface area contributed by atoms with Crippen molar-refractivity contribution in [1.82, 2.24) is 5.32 Å². The Labute approximate surface area is 142 Å². The van der Waals surface area contributed by atoms with Crippen LogP contribution in [0.4, 0.5) is 0 Å². The van der Waals surface area contributed by atoms with Gasteiger partial charge in [0.25, 0.3) is 0 Å². The average Bonchev–Trinajstić information content (AvgIpc) is 2.55. The number of rotatable bonds is 4. The van der Waals surface area contributed by atoms with E-state index in [-0.39, 0.29) is 10.9 Å². The van der Waals surface area contributed by atoms with Gasteiger partial charge in [-0.2, -0.15) is 0 Å². The zero-order valence-electron chi connectivity index (χ0n) is 13.7. The minimum absolute atomic E-state index is 0.102. The molecule has 0 radical (unpaired) electrons. The summed E-state index contributed by atoms with van der Waals surface area (Å²) in [5, 5.41) is 2.90. The number of nitrogens with one attached hydrogen (secondary N) is 1. The Morgan fingerprint density at radius 1 is 1.17 bits per heavy atom. The standard InChI is InChI=1S/C19H21NO3S/c1-14-6-4-9-16(12-14)24(22,23)13-19(21)20-18-11-5-8-15-7-2-3-10-17(15)18/h2-4,6-7,9-10,12,18H,5,8,11,13H2,1H3,(H,20,21). The summed E-state index contributed by atoms with van der Waals surface area (Å²) in [6.07, 6.45) is 2.84. The molecule has 0 fully saturated rings. The van der Waals surface area contributed by atoms with Crippen LogP contribution in [0.5, 0.6) is 0 Å². The Morgan fingerprint density at radius 3 is 2.75 bits per heavy atom. The first-order valence-electron chi connectivity index (χ1n) is 8.12. The van der Waals surface area contributed by atoms with E-state index in [1.54, 1.807) is 12.1 Å². The molecule has 1 aliphatic rings. The van der Waals surface area contributed by atoms with Crippen LogP contribution >= 0.6 is 0 Å². The van der Waals surface area contributed by atoms with Gasteiger partial charge in [0.1, 0.15) is 5.75 Å². The van der Waals surface area contributed by atoms with Gasteiger partial charge in [-0.15, -0.1) is 0 Å². The van der Waals surface area contributed by atoms with Gasteiger partial charge in [0.15, 0.2) is 9.84 Å². The van der Waals surface area contributed by atoms with Crippen molar-refractivity contribution in [3.8, 4) is 0 Å². The van der Waals surface area contributed by atoms with E-state index in [1.807, 2.05) is 31.2 Å². The largest absolute Gasteiger partial charge is 0.348 e. The molecule has 1 N–H and O–H groups in total. The number of hydrogen-bond donors (Lipinski definition) is 1. The maximum atomic E-state index is 12.4. The highest BCUT2D eigenvalue weighted by molar-refractivity contribution is 7.92. The molecular formula is C19H21NO3S. The Balaban J connectivity index is 1.73. The van der Waals surface area contributed by atoms with Crippen molar-refractivity contribution < 1.29 is 13.2 Å². The summed E-state index contributed by atoms with van der Waals surface area (Å²) in [6, 6.07) is 14.6. The van der Waals surface area contributed by atoms with Gasteiger partial charge in [-0.3, -0.25) is 4.79 Å². The molecule has 5 heteroatoms. The van der Waals surface area contributed by atoms with Gasteiger partial charge in [0.2, 0.25) is 5.91 Å². The van der Waals surface area contributed by atoms with Crippen molar-refractivity contribution in [1.29, 1.82) is 0 Å². The normalized spacial score (nSPS) is 17.1. The summed E-state index contributed by atoms with van der Waals surface area (Å²) in [6.45, 7) is 1.83. The highest BCUT2D eigenvalue weighted by Crippen LogP contribution is 2.29. The minimum atomic E-state index is -3.62. The molecule has 0 aliphatic heterocycles. The van der Waals surface area contributed by atoms with E-state index < -0.39 is 21.5 Å². The van der Waals surface area contributed by atoms with Crippen LogP contribution in [0.1, 0.15) is 35.6 Å². The summed E-state index contributed by atoms with van der Waals surface area (Å²) in [4.78, 5) is 12.5. The van der Waals surface area contributed by atoms with E-state index in [0.29, 0.717) is 0 Å². The van der Waals surface area contributed by atoms with Crippen molar-refractivity contribution in [2.24, 2.45) is 0 Å². The van der Waals surface area contributed by atoms with Crippen LogP contribution in [-0.2, 0) is 21.1 Å². The molecule has 126 valence electrons. The molecule has 0 heterocycles. The maximum Gasteiger partial charge on any atom is 0.236 e. The van der Waals surface area contributed by atoms with Gasteiger partial charge in [0.05, 0.1) is 10.9 Å². The number of sulfone groups is 1. The van der Waals surface area contributed by atoms with Crippen molar-refractivity contribution in [3.63, 3.8) is 0 Å².